The number of carbonyl (C=O) groups excluding carboxylic acids is 1. The zero-order valence-electron chi connectivity index (χ0n) is 18.6. The number of aromatic nitrogens is 1. The minimum Gasteiger partial charge on any atom is -0.357 e. The van der Waals surface area contributed by atoms with Crippen LogP contribution < -0.4 is 10.0 Å². The SMILES string of the molecule is Cn1ccc(C(C)(C)c2cc(Cl)cc(NC(=O)c3cc4cc(NS(C)(=O)=O)ccc4s3)c2)c1. The molecule has 0 saturated carbocycles. The van der Waals surface area contributed by atoms with Crippen LogP contribution in [0, 0.1) is 0 Å². The van der Waals surface area contributed by atoms with Crippen LogP contribution in [0.15, 0.2) is 60.9 Å². The fraction of sp³-hybridized carbons (Fsp3) is 0.208. The average molecular weight is 502 g/mol. The maximum atomic E-state index is 13.0. The molecule has 2 aromatic heterocycles. The quantitative estimate of drug-likeness (QED) is 0.348. The van der Waals surface area contributed by atoms with Crippen molar-refractivity contribution in [2.75, 3.05) is 16.3 Å². The number of carbonyl (C=O) groups is 1. The normalized spacial score (nSPS) is 12.2. The summed E-state index contributed by atoms with van der Waals surface area (Å²) in [5, 5.41) is 4.28. The predicted octanol–water partition coefficient (Wildman–Crippen LogP) is 5.84. The van der Waals surface area contributed by atoms with Crippen molar-refractivity contribution in [1.29, 1.82) is 0 Å². The van der Waals surface area contributed by atoms with Gasteiger partial charge in [-0.2, -0.15) is 0 Å². The Bertz CT molecular complexity index is 1470. The molecule has 2 aromatic carbocycles. The molecule has 0 aliphatic carbocycles. The summed E-state index contributed by atoms with van der Waals surface area (Å²) < 4.78 is 28.3. The lowest BCUT2D eigenvalue weighted by atomic mass is 9.79. The van der Waals surface area contributed by atoms with Crippen molar-refractivity contribution in [2.45, 2.75) is 19.3 Å². The van der Waals surface area contributed by atoms with Gasteiger partial charge in [-0.15, -0.1) is 11.3 Å². The molecule has 0 atom stereocenters. The van der Waals surface area contributed by atoms with Crippen LogP contribution in [0.2, 0.25) is 5.02 Å². The number of rotatable bonds is 6. The number of anilines is 2. The van der Waals surface area contributed by atoms with Crippen LogP contribution in [0.4, 0.5) is 11.4 Å². The number of nitrogens with zero attached hydrogens (tertiary/aromatic N) is 1. The Morgan fingerprint density at radius 1 is 1.03 bits per heavy atom. The van der Waals surface area contributed by atoms with Crippen molar-refractivity contribution in [2.24, 2.45) is 7.05 Å². The molecule has 1 amide bonds. The lowest BCUT2D eigenvalue weighted by Gasteiger charge is -2.25. The third kappa shape index (κ3) is 5.24. The van der Waals surface area contributed by atoms with E-state index < -0.39 is 10.0 Å². The molecule has 0 bridgehead atoms. The van der Waals surface area contributed by atoms with E-state index in [1.54, 1.807) is 30.3 Å². The summed E-state index contributed by atoms with van der Waals surface area (Å²) in [6, 6.07) is 14.6. The van der Waals surface area contributed by atoms with Crippen LogP contribution in [0.25, 0.3) is 10.1 Å². The number of hydrogen-bond donors (Lipinski definition) is 2. The summed E-state index contributed by atoms with van der Waals surface area (Å²) >= 11 is 7.74. The first-order chi connectivity index (χ1) is 15.4. The highest BCUT2D eigenvalue weighted by Gasteiger charge is 2.25. The third-order valence-electron chi connectivity index (χ3n) is 5.47. The zero-order valence-corrected chi connectivity index (χ0v) is 21.0. The van der Waals surface area contributed by atoms with Crippen molar-refractivity contribution < 1.29 is 13.2 Å². The summed E-state index contributed by atoms with van der Waals surface area (Å²) in [5.74, 6) is -0.250. The van der Waals surface area contributed by atoms with Gasteiger partial charge in [0.05, 0.1) is 11.1 Å². The van der Waals surface area contributed by atoms with Crippen molar-refractivity contribution in [3.63, 3.8) is 0 Å². The molecule has 0 spiro atoms. The highest BCUT2D eigenvalue weighted by atomic mass is 35.5. The Balaban J connectivity index is 1.60. The van der Waals surface area contributed by atoms with Crippen molar-refractivity contribution in [3.8, 4) is 0 Å². The van der Waals surface area contributed by atoms with Gasteiger partial charge in [0.25, 0.3) is 5.91 Å². The molecule has 9 heteroatoms. The summed E-state index contributed by atoms with van der Waals surface area (Å²) in [5.41, 5.74) is 2.91. The Morgan fingerprint density at radius 3 is 2.45 bits per heavy atom. The Labute approximate surface area is 202 Å². The fourth-order valence-electron chi connectivity index (χ4n) is 3.69. The summed E-state index contributed by atoms with van der Waals surface area (Å²) in [7, 11) is -1.39. The summed E-state index contributed by atoms with van der Waals surface area (Å²) in [4.78, 5) is 13.5. The number of aryl methyl sites for hydroxylation is 1. The van der Waals surface area contributed by atoms with Gasteiger partial charge in [0.15, 0.2) is 0 Å². The molecular weight excluding hydrogens is 478 g/mol. The number of fused-ring (bicyclic) bond motifs is 1. The maximum absolute atomic E-state index is 13.0. The Hall–Kier alpha value is -2.81. The van der Waals surface area contributed by atoms with Gasteiger partial charge in [0, 0.05) is 46.0 Å². The van der Waals surface area contributed by atoms with E-state index >= 15 is 0 Å². The highest BCUT2D eigenvalue weighted by Crippen LogP contribution is 2.35. The Morgan fingerprint density at radius 2 is 1.79 bits per heavy atom. The van der Waals surface area contributed by atoms with Crippen LogP contribution in [-0.2, 0) is 22.5 Å². The molecule has 0 saturated heterocycles. The average Bonchev–Trinajstić information content (AvgIpc) is 3.32. The summed E-state index contributed by atoms with van der Waals surface area (Å²) in [6.07, 6.45) is 5.17. The van der Waals surface area contributed by atoms with Gasteiger partial charge in [0.1, 0.15) is 0 Å². The standard InChI is InChI=1S/C24H24ClN3O3S2/c1-24(2,16-7-8-28(3)14-16)17-11-18(25)13-20(12-17)26-23(29)22-10-15-9-19(27-33(4,30)31)5-6-21(15)32-22/h5-14,27H,1-4H3,(H,26,29). The molecule has 4 rings (SSSR count). The maximum Gasteiger partial charge on any atom is 0.265 e. The van der Waals surface area contributed by atoms with Crippen LogP contribution in [0.3, 0.4) is 0 Å². The molecule has 6 nitrogen and oxygen atoms in total. The molecule has 0 unspecified atom stereocenters. The van der Waals surface area contributed by atoms with Crippen LogP contribution in [-0.4, -0.2) is 25.1 Å². The monoisotopic (exact) mass is 501 g/mol. The van der Waals surface area contributed by atoms with E-state index in [9.17, 15) is 13.2 Å². The second-order valence-corrected chi connectivity index (χ2v) is 11.9. The Kier molecular flexibility index (Phi) is 6.03. The molecule has 4 aromatic rings. The van der Waals surface area contributed by atoms with Crippen molar-refractivity contribution in [1.82, 2.24) is 4.57 Å². The molecule has 2 heterocycles. The second kappa shape index (κ2) is 8.52. The minimum absolute atomic E-state index is 0.250. The molecule has 0 aliphatic rings. The van der Waals surface area contributed by atoms with Gasteiger partial charge in [-0.25, -0.2) is 8.42 Å². The first-order valence-corrected chi connectivity index (χ1v) is 13.3. The topological polar surface area (TPSA) is 80.2 Å². The van der Waals surface area contributed by atoms with Gasteiger partial charge in [-0.1, -0.05) is 25.4 Å². The highest BCUT2D eigenvalue weighted by molar-refractivity contribution is 7.92. The van der Waals surface area contributed by atoms with E-state index in [4.69, 9.17) is 11.6 Å². The van der Waals surface area contributed by atoms with Gasteiger partial charge < -0.3 is 9.88 Å². The van der Waals surface area contributed by atoms with E-state index in [1.165, 1.54) is 11.3 Å². The molecule has 2 N–H and O–H groups in total. The van der Waals surface area contributed by atoms with E-state index in [-0.39, 0.29) is 11.3 Å². The first kappa shape index (κ1) is 23.4. The predicted molar refractivity (Wildman–Crippen MR) is 137 cm³/mol. The van der Waals surface area contributed by atoms with E-state index in [2.05, 4.69) is 36.1 Å². The number of amides is 1. The molecule has 0 radical (unpaired) electrons. The van der Waals surface area contributed by atoms with Crippen LogP contribution in [0.1, 0.15) is 34.6 Å². The zero-order chi connectivity index (χ0) is 24.0. The number of nitrogens with one attached hydrogen (secondary N) is 2. The lowest BCUT2D eigenvalue weighted by Crippen LogP contribution is -2.19. The van der Waals surface area contributed by atoms with Crippen LogP contribution in [0.5, 0.6) is 0 Å². The molecular formula is C24H24ClN3O3S2. The van der Waals surface area contributed by atoms with Crippen molar-refractivity contribution >= 4 is 60.3 Å². The number of hydrogen-bond acceptors (Lipinski definition) is 4. The van der Waals surface area contributed by atoms with E-state index in [1.807, 2.05) is 29.9 Å². The molecule has 0 fully saturated rings. The second-order valence-electron chi connectivity index (χ2n) is 8.61. The van der Waals surface area contributed by atoms with Crippen LogP contribution >= 0.6 is 22.9 Å². The first-order valence-electron chi connectivity index (χ1n) is 10.2. The van der Waals surface area contributed by atoms with Crippen molar-refractivity contribution in [3.05, 3.63) is 82.0 Å². The van der Waals surface area contributed by atoms with Gasteiger partial charge in [0.2, 0.25) is 10.0 Å². The summed E-state index contributed by atoms with van der Waals surface area (Å²) in [6.45, 7) is 4.24. The number of sulfonamides is 1. The fourth-order valence-corrected chi connectivity index (χ4v) is 5.42. The lowest BCUT2D eigenvalue weighted by molar-refractivity contribution is 0.103. The largest absolute Gasteiger partial charge is 0.357 e. The number of thiophene rings is 1. The number of halogens is 1. The minimum atomic E-state index is -3.37. The van der Waals surface area contributed by atoms with Gasteiger partial charge in [-0.05, 0) is 65.0 Å². The third-order valence-corrected chi connectivity index (χ3v) is 7.41. The smallest absolute Gasteiger partial charge is 0.265 e. The van der Waals surface area contributed by atoms with Gasteiger partial charge in [-0.3, -0.25) is 9.52 Å². The molecule has 33 heavy (non-hydrogen) atoms. The molecule has 172 valence electrons. The number of benzene rings is 2. The van der Waals surface area contributed by atoms with E-state index in [0.717, 1.165) is 27.5 Å². The molecule has 0 aliphatic heterocycles. The van der Waals surface area contributed by atoms with Gasteiger partial charge >= 0.3 is 0 Å². The van der Waals surface area contributed by atoms with E-state index in [0.29, 0.717) is 21.3 Å².